The summed E-state index contributed by atoms with van der Waals surface area (Å²) in [5.74, 6) is -0.0414. The molecule has 1 amide bonds. The van der Waals surface area contributed by atoms with Crippen molar-refractivity contribution in [3.05, 3.63) is 59.0 Å². The fraction of sp³-hybridized carbons (Fsp3) is 0.125. The minimum Gasteiger partial charge on any atom is -0.508 e. The highest BCUT2D eigenvalue weighted by molar-refractivity contribution is 6.30. The largest absolute Gasteiger partial charge is 0.508 e. The Balaban J connectivity index is 2.06. The van der Waals surface area contributed by atoms with Crippen molar-refractivity contribution < 1.29 is 9.90 Å². The molecular weight excluding hydrogens is 302 g/mol. The van der Waals surface area contributed by atoms with E-state index < -0.39 is 0 Å². The zero-order valence-electron chi connectivity index (χ0n) is 12.1. The Hall–Kier alpha value is -2.53. The molecule has 0 fully saturated rings. The van der Waals surface area contributed by atoms with Crippen LogP contribution in [0, 0.1) is 6.92 Å². The molecule has 0 aliphatic carbocycles. The molecule has 0 saturated heterocycles. The van der Waals surface area contributed by atoms with Gasteiger partial charge in [0, 0.05) is 18.9 Å². The molecule has 0 unspecified atom stereocenters. The molecule has 1 aromatic carbocycles. The molecule has 0 aliphatic heterocycles. The van der Waals surface area contributed by atoms with Gasteiger partial charge in [-0.15, -0.1) is 0 Å². The van der Waals surface area contributed by atoms with Crippen molar-refractivity contribution in [1.29, 1.82) is 0 Å². The lowest BCUT2D eigenvalue weighted by molar-refractivity contribution is 0.0986. The monoisotopic (exact) mass is 315 g/mol. The fourth-order valence-corrected chi connectivity index (χ4v) is 2.51. The van der Waals surface area contributed by atoms with Gasteiger partial charge in [-0.3, -0.25) is 9.20 Å². The van der Waals surface area contributed by atoms with Gasteiger partial charge in [-0.2, -0.15) is 0 Å². The van der Waals surface area contributed by atoms with Crippen molar-refractivity contribution in [2.45, 2.75) is 6.92 Å². The van der Waals surface area contributed by atoms with E-state index in [0.29, 0.717) is 27.7 Å². The Morgan fingerprint density at radius 3 is 2.59 bits per heavy atom. The highest BCUT2D eigenvalue weighted by atomic mass is 35.5. The van der Waals surface area contributed by atoms with Gasteiger partial charge in [0.2, 0.25) is 0 Å². The van der Waals surface area contributed by atoms with E-state index in [2.05, 4.69) is 4.98 Å². The summed E-state index contributed by atoms with van der Waals surface area (Å²) in [6.45, 7) is 1.79. The normalized spacial score (nSPS) is 10.9. The van der Waals surface area contributed by atoms with E-state index in [1.807, 2.05) is 0 Å². The second kappa shape index (κ2) is 5.35. The first-order valence-corrected chi connectivity index (χ1v) is 7.06. The maximum absolute atomic E-state index is 12.8. The molecule has 3 aromatic rings. The second-order valence-corrected chi connectivity index (χ2v) is 5.44. The van der Waals surface area contributed by atoms with Gasteiger partial charge in [-0.1, -0.05) is 11.6 Å². The summed E-state index contributed by atoms with van der Waals surface area (Å²) in [5, 5.41) is 9.88. The molecular formula is C16H14ClN3O2. The topological polar surface area (TPSA) is 57.8 Å². The first-order valence-electron chi connectivity index (χ1n) is 6.68. The molecule has 3 rings (SSSR count). The number of benzene rings is 1. The average molecular weight is 316 g/mol. The number of pyridine rings is 1. The van der Waals surface area contributed by atoms with E-state index >= 15 is 0 Å². The number of aromatic nitrogens is 2. The van der Waals surface area contributed by atoms with E-state index in [0.717, 1.165) is 0 Å². The number of hydrogen-bond donors (Lipinski definition) is 1. The summed E-state index contributed by atoms with van der Waals surface area (Å²) < 4.78 is 1.69. The minimum absolute atomic E-state index is 0.155. The van der Waals surface area contributed by atoms with E-state index in [-0.39, 0.29) is 11.7 Å². The number of anilines is 1. The molecule has 0 atom stereocenters. The Labute approximate surface area is 132 Å². The number of phenolic OH excluding ortho intramolecular Hbond substituents is 1. The summed E-state index contributed by atoms with van der Waals surface area (Å²) in [5.41, 5.74) is 2.45. The van der Waals surface area contributed by atoms with E-state index in [1.165, 1.54) is 17.0 Å². The number of halogens is 1. The second-order valence-electron chi connectivity index (χ2n) is 5.00. The van der Waals surface area contributed by atoms with Gasteiger partial charge in [0.25, 0.3) is 5.91 Å². The molecule has 1 N–H and O–H groups in total. The number of aromatic hydroxyl groups is 1. The van der Waals surface area contributed by atoms with Crippen LogP contribution < -0.4 is 4.90 Å². The zero-order valence-corrected chi connectivity index (χ0v) is 12.9. The van der Waals surface area contributed by atoms with Crippen LogP contribution in [0.5, 0.6) is 5.75 Å². The molecule has 0 radical (unpaired) electrons. The fourth-order valence-electron chi connectivity index (χ4n) is 2.35. The third-order valence-corrected chi connectivity index (χ3v) is 3.72. The summed E-state index contributed by atoms with van der Waals surface area (Å²) in [6.07, 6.45) is 1.68. The quantitative estimate of drug-likeness (QED) is 0.789. The number of carbonyl (C=O) groups is 1. The van der Waals surface area contributed by atoms with Crippen molar-refractivity contribution >= 4 is 28.8 Å². The summed E-state index contributed by atoms with van der Waals surface area (Å²) in [7, 11) is 1.68. The van der Waals surface area contributed by atoms with Gasteiger partial charge in [-0.05, 0) is 43.3 Å². The van der Waals surface area contributed by atoms with Gasteiger partial charge in [-0.25, -0.2) is 4.98 Å². The first-order chi connectivity index (χ1) is 10.5. The first kappa shape index (κ1) is 14.4. The van der Waals surface area contributed by atoms with Crippen LogP contribution in [0.2, 0.25) is 5.02 Å². The molecule has 0 bridgehead atoms. The van der Waals surface area contributed by atoms with Crippen molar-refractivity contribution in [2.75, 3.05) is 11.9 Å². The SMILES string of the molecule is Cc1nc2ccc(Cl)cn2c1C(=O)N(C)c1ccc(O)cc1. The van der Waals surface area contributed by atoms with Crippen molar-refractivity contribution in [3.8, 4) is 5.75 Å². The number of rotatable bonds is 2. The van der Waals surface area contributed by atoms with Gasteiger partial charge in [0.05, 0.1) is 10.7 Å². The van der Waals surface area contributed by atoms with Crippen LogP contribution in [0.3, 0.4) is 0 Å². The van der Waals surface area contributed by atoms with Crippen molar-refractivity contribution in [2.24, 2.45) is 0 Å². The molecule has 0 aliphatic rings. The zero-order chi connectivity index (χ0) is 15.9. The number of imidazole rings is 1. The highest BCUT2D eigenvalue weighted by Crippen LogP contribution is 2.22. The molecule has 6 heteroatoms. The van der Waals surface area contributed by atoms with Crippen LogP contribution in [0.4, 0.5) is 5.69 Å². The Bertz CT molecular complexity index is 856. The summed E-state index contributed by atoms with van der Waals surface area (Å²) in [6, 6.07) is 9.94. The Kier molecular flexibility index (Phi) is 3.50. The number of carbonyl (C=O) groups excluding carboxylic acids is 1. The molecule has 0 saturated carbocycles. The van der Waals surface area contributed by atoms with Crippen LogP contribution in [-0.2, 0) is 0 Å². The maximum atomic E-state index is 12.8. The lowest BCUT2D eigenvalue weighted by Crippen LogP contribution is -2.28. The molecule has 5 nitrogen and oxygen atoms in total. The lowest BCUT2D eigenvalue weighted by atomic mass is 10.2. The standard InChI is InChI=1S/C16H14ClN3O2/c1-10-15(20-9-11(17)3-8-14(20)18-10)16(22)19(2)12-4-6-13(21)7-5-12/h3-9,21H,1-2H3. The molecule has 2 aromatic heterocycles. The molecule has 22 heavy (non-hydrogen) atoms. The van der Waals surface area contributed by atoms with E-state index in [9.17, 15) is 9.90 Å². The highest BCUT2D eigenvalue weighted by Gasteiger charge is 2.21. The van der Waals surface area contributed by atoms with Gasteiger partial charge < -0.3 is 10.0 Å². The Morgan fingerprint density at radius 2 is 1.91 bits per heavy atom. The molecule has 2 heterocycles. The number of hydrogen-bond acceptors (Lipinski definition) is 3. The number of nitrogens with zero attached hydrogens (tertiary/aromatic N) is 3. The predicted molar refractivity (Wildman–Crippen MR) is 85.8 cm³/mol. The van der Waals surface area contributed by atoms with Crippen LogP contribution in [-0.4, -0.2) is 27.4 Å². The maximum Gasteiger partial charge on any atom is 0.276 e. The molecule has 112 valence electrons. The number of aryl methyl sites for hydroxylation is 1. The van der Waals surface area contributed by atoms with E-state index in [1.54, 1.807) is 48.8 Å². The lowest BCUT2D eigenvalue weighted by Gasteiger charge is -2.17. The van der Waals surface area contributed by atoms with Gasteiger partial charge in [0.1, 0.15) is 17.1 Å². The predicted octanol–water partition coefficient (Wildman–Crippen LogP) is 3.28. The minimum atomic E-state index is -0.196. The van der Waals surface area contributed by atoms with Crippen LogP contribution in [0.1, 0.15) is 16.2 Å². The van der Waals surface area contributed by atoms with Gasteiger partial charge in [0.15, 0.2) is 0 Å². The van der Waals surface area contributed by atoms with Crippen molar-refractivity contribution in [1.82, 2.24) is 9.38 Å². The average Bonchev–Trinajstić information content (AvgIpc) is 2.82. The summed E-state index contributed by atoms with van der Waals surface area (Å²) >= 11 is 6.02. The van der Waals surface area contributed by atoms with Gasteiger partial charge >= 0.3 is 0 Å². The third kappa shape index (κ3) is 2.40. The van der Waals surface area contributed by atoms with Crippen LogP contribution >= 0.6 is 11.6 Å². The Morgan fingerprint density at radius 1 is 1.23 bits per heavy atom. The third-order valence-electron chi connectivity index (χ3n) is 3.50. The summed E-state index contributed by atoms with van der Waals surface area (Å²) in [4.78, 5) is 18.7. The van der Waals surface area contributed by atoms with Crippen LogP contribution in [0.25, 0.3) is 5.65 Å². The molecule has 0 spiro atoms. The number of fused-ring (bicyclic) bond motifs is 1. The number of amides is 1. The smallest absolute Gasteiger partial charge is 0.276 e. The van der Waals surface area contributed by atoms with Crippen molar-refractivity contribution in [3.63, 3.8) is 0 Å². The van der Waals surface area contributed by atoms with E-state index in [4.69, 9.17) is 11.6 Å². The number of phenols is 1. The van der Waals surface area contributed by atoms with Crippen LogP contribution in [0.15, 0.2) is 42.6 Å².